The third-order valence-electron chi connectivity index (χ3n) is 6.69. The predicted molar refractivity (Wildman–Crippen MR) is 132 cm³/mol. The van der Waals surface area contributed by atoms with E-state index in [0.717, 1.165) is 6.92 Å². The van der Waals surface area contributed by atoms with Crippen LogP contribution in [0.4, 0.5) is 23.2 Å². The van der Waals surface area contributed by atoms with Crippen molar-refractivity contribution in [1.82, 2.24) is 15.1 Å². The van der Waals surface area contributed by atoms with Crippen LogP contribution in [0.5, 0.6) is 5.75 Å². The number of hydrogen-bond donors (Lipinski definition) is 2. The van der Waals surface area contributed by atoms with Crippen molar-refractivity contribution in [3.8, 4) is 17.0 Å². The summed E-state index contributed by atoms with van der Waals surface area (Å²) in [5.74, 6) is -1.38. The number of carbonyl (C=O) groups is 1. The highest BCUT2D eigenvalue weighted by atomic mass is 32.2. The van der Waals surface area contributed by atoms with Crippen molar-refractivity contribution >= 4 is 21.4 Å². The molecule has 0 radical (unpaired) electrons. The van der Waals surface area contributed by atoms with E-state index in [1.165, 1.54) is 36.2 Å². The molecule has 206 valence electrons. The third kappa shape index (κ3) is 6.74. The van der Waals surface area contributed by atoms with E-state index in [0.29, 0.717) is 25.7 Å². The molecule has 1 aromatic heterocycles. The smallest absolute Gasteiger partial charge is 0.408 e. The predicted octanol–water partition coefficient (Wildman–Crippen LogP) is 4.41. The molecule has 1 amide bonds. The number of rotatable bonds is 9. The first-order chi connectivity index (χ1) is 17.3. The van der Waals surface area contributed by atoms with Gasteiger partial charge in [-0.3, -0.25) is 9.48 Å². The van der Waals surface area contributed by atoms with Crippen LogP contribution >= 0.6 is 0 Å². The number of sulfone groups is 1. The summed E-state index contributed by atoms with van der Waals surface area (Å²) in [4.78, 5) is 12.8. The van der Waals surface area contributed by atoms with Gasteiger partial charge in [-0.25, -0.2) is 12.8 Å². The van der Waals surface area contributed by atoms with Crippen LogP contribution in [0.1, 0.15) is 50.0 Å². The Hall–Kier alpha value is -2.83. The van der Waals surface area contributed by atoms with Crippen LogP contribution in [-0.2, 0) is 16.4 Å². The summed E-state index contributed by atoms with van der Waals surface area (Å²) in [7, 11) is -1.78. The molecule has 1 atom stereocenters. The Labute approximate surface area is 213 Å². The number of aromatic nitrogens is 2. The minimum Gasteiger partial charge on any atom is -0.496 e. The van der Waals surface area contributed by atoms with Crippen LogP contribution in [0, 0.1) is 11.7 Å². The number of benzene rings is 1. The lowest BCUT2D eigenvalue weighted by Crippen LogP contribution is -2.34. The van der Waals surface area contributed by atoms with Gasteiger partial charge in [0.1, 0.15) is 27.3 Å². The molecular formula is C24H32F4N4O4S. The summed E-state index contributed by atoms with van der Waals surface area (Å²) < 4.78 is 84.4. The van der Waals surface area contributed by atoms with E-state index >= 15 is 4.39 Å². The Bertz CT molecular complexity index is 1220. The number of anilines is 1. The van der Waals surface area contributed by atoms with Gasteiger partial charge < -0.3 is 15.4 Å². The molecule has 13 heteroatoms. The van der Waals surface area contributed by atoms with E-state index in [4.69, 9.17) is 4.74 Å². The average molecular weight is 549 g/mol. The Morgan fingerprint density at radius 1 is 1.24 bits per heavy atom. The van der Waals surface area contributed by atoms with Crippen LogP contribution in [0.3, 0.4) is 0 Å². The minimum absolute atomic E-state index is 0.0198. The summed E-state index contributed by atoms with van der Waals surface area (Å²) in [6, 6.07) is 2.31. The van der Waals surface area contributed by atoms with E-state index in [9.17, 15) is 26.4 Å². The van der Waals surface area contributed by atoms with Crippen molar-refractivity contribution in [2.45, 2.75) is 63.5 Å². The monoisotopic (exact) mass is 548 g/mol. The van der Waals surface area contributed by atoms with E-state index in [1.807, 2.05) is 0 Å². The van der Waals surface area contributed by atoms with E-state index in [-0.39, 0.29) is 47.0 Å². The van der Waals surface area contributed by atoms with Gasteiger partial charge in [0.15, 0.2) is 11.5 Å². The van der Waals surface area contributed by atoms with E-state index in [1.54, 1.807) is 6.92 Å². The van der Waals surface area contributed by atoms with Crippen molar-refractivity contribution in [2.24, 2.45) is 5.92 Å². The second kappa shape index (κ2) is 11.3. The van der Waals surface area contributed by atoms with Gasteiger partial charge in [0.05, 0.1) is 12.4 Å². The fraction of sp³-hybridized carbons (Fsp3) is 0.583. The van der Waals surface area contributed by atoms with Gasteiger partial charge >= 0.3 is 6.18 Å². The molecule has 37 heavy (non-hydrogen) atoms. The Morgan fingerprint density at radius 3 is 2.43 bits per heavy atom. The number of amides is 1. The minimum atomic E-state index is -4.45. The van der Waals surface area contributed by atoms with Crippen molar-refractivity contribution in [3.63, 3.8) is 0 Å². The molecule has 2 N–H and O–H groups in total. The van der Waals surface area contributed by atoms with Gasteiger partial charge in [-0.15, -0.1) is 0 Å². The van der Waals surface area contributed by atoms with Gasteiger partial charge in [-0.05, 0) is 57.6 Å². The zero-order chi connectivity index (χ0) is 27.5. The molecule has 2 aromatic rings. The lowest BCUT2D eigenvalue weighted by Gasteiger charge is -2.27. The maximum atomic E-state index is 15.5. The van der Waals surface area contributed by atoms with Gasteiger partial charge in [0, 0.05) is 36.7 Å². The summed E-state index contributed by atoms with van der Waals surface area (Å²) in [6.07, 6.45) is -0.900. The van der Waals surface area contributed by atoms with E-state index < -0.39 is 39.5 Å². The molecule has 1 unspecified atom stereocenters. The number of halogens is 4. The van der Waals surface area contributed by atoms with Gasteiger partial charge in [-0.2, -0.15) is 18.3 Å². The zero-order valence-electron chi connectivity index (χ0n) is 21.2. The lowest BCUT2D eigenvalue weighted by molar-refractivity contribution is -0.138. The van der Waals surface area contributed by atoms with Crippen LogP contribution in [0.2, 0.25) is 0 Å². The zero-order valence-corrected chi connectivity index (χ0v) is 22.0. The molecule has 1 aromatic carbocycles. The molecule has 8 nitrogen and oxygen atoms in total. The van der Waals surface area contributed by atoms with Crippen LogP contribution in [0.15, 0.2) is 18.2 Å². The van der Waals surface area contributed by atoms with E-state index in [2.05, 4.69) is 15.7 Å². The normalized spacial score (nSPS) is 19.4. The maximum absolute atomic E-state index is 15.5. The van der Waals surface area contributed by atoms with Gasteiger partial charge in [-0.1, -0.05) is 0 Å². The molecule has 1 saturated carbocycles. The number of nitrogens with one attached hydrogen (secondary N) is 2. The highest BCUT2D eigenvalue weighted by Gasteiger charge is 2.36. The highest BCUT2D eigenvalue weighted by molar-refractivity contribution is 7.91. The quantitative estimate of drug-likeness (QED) is 0.450. The van der Waals surface area contributed by atoms with Gasteiger partial charge in [0.25, 0.3) is 5.91 Å². The Kier molecular flexibility index (Phi) is 8.76. The van der Waals surface area contributed by atoms with Crippen LogP contribution in [0.25, 0.3) is 11.3 Å². The molecule has 0 aliphatic heterocycles. The average Bonchev–Trinajstić information content (AvgIpc) is 3.17. The van der Waals surface area contributed by atoms with Gasteiger partial charge in [0.2, 0.25) is 0 Å². The summed E-state index contributed by atoms with van der Waals surface area (Å²) in [6.45, 7) is 3.19. The Morgan fingerprint density at radius 2 is 1.89 bits per heavy atom. The molecular weight excluding hydrogens is 516 g/mol. The summed E-state index contributed by atoms with van der Waals surface area (Å²) >= 11 is 0. The second-order valence-electron chi connectivity index (χ2n) is 9.33. The van der Waals surface area contributed by atoms with Crippen molar-refractivity contribution < 1.29 is 35.5 Å². The molecule has 0 spiro atoms. The molecule has 0 bridgehead atoms. The number of nitrogens with zero attached hydrogens (tertiary/aromatic N) is 2. The molecule has 1 aliphatic rings. The lowest BCUT2D eigenvalue weighted by atomic mass is 9.89. The van der Waals surface area contributed by atoms with Crippen molar-refractivity contribution in [1.29, 1.82) is 0 Å². The number of alkyl halides is 3. The van der Waals surface area contributed by atoms with Crippen molar-refractivity contribution in [2.75, 3.05) is 25.2 Å². The standard InChI is InChI=1S/C24H32F4N4O4S/c1-5-32-22(18-11-8-16(12-19(18)36-3)30-14(2)24(26,27)28)20(25)21(31-32)23(33)29-13-15-6-9-17(10-7-15)37(4,34)35/h8,11-12,14-15,17,30H,5-7,9-10,13H2,1-4H3,(H,29,33). The first-order valence-corrected chi connectivity index (χ1v) is 14.0. The molecule has 1 aliphatic carbocycles. The van der Waals surface area contributed by atoms with Crippen LogP contribution in [-0.4, -0.2) is 61.5 Å². The topological polar surface area (TPSA) is 102 Å². The number of aryl methyl sites for hydroxylation is 1. The molecule has 3 rings (SSSR count). The number of ether oxygens (including phenoxy) is 1. The second-order valence-corrected chi connectivity index (χ2v) is 11.7. The number of hydrogen-bond acceptors (Lipinski definition) is 6. The largest absolute Gasteiger partial charge is 0.496 e. The molecule has 0 saturated heterocycles. The SMILES string of the molecule is CCn1nc(C(=O)NCC2CCC(S(C)(=O)=O)CC2)c(F)c1-c1ccc(NC(C)C(F)(F)F)cc1OC. The van der Waals surface area contributed by atoms with Crippen LogP contribution < -0.4 is 15.4 Å². The first kappa shape index (κ1) is 28.7. The number of carbonyl (C=O) groups excluding carboxylic acids is 1. The molecule has 1 heterocycles. The number of methoxy groups -OCH3 is 1. The molecule has 1 fully saturated rings. The van der Waals surface area contributed by atoms with Crippen molar-refractivity contribution in [3.05, 3.63) is 29.7 Å². The summed E-state index contributed by atoms with van der Waals surface area (Å²) in [5.41, 5.74) is -0.0557. The Balaban J connectivity index is 1.78. The maximum Gasteiger partial charge on any atom is 0.408 e. The third-order valence-corrected chi connectivity index (χ3v) is 8.37. The highest BCUT2D eigenvalue weighted by Crippen LogP contribution is 2.36. The summed E-state index contributed by atoms with van der Waals surface area (Å²) in [5, 5.41) is 8.80. The fourth-order valence-electron chi connectivity index (χ4n) is 4.46. The fourth-order valence-corrected chi connectivity index (χ4v) is 5.59. The first-order valence-electron chi connectivity index (χ1n) is 12.0.